The first kappa shape index (κ1) is 15.4. The Balaban J connectivity index is 1.52. The Labute approximate surface area is 118 Å². The van der Waals surface area contributed by atoms with E-state index in [0.717, 1.165) is 31.9 Å². The number of halogens is 2. The summed E-state index contributed by atoms with van der Waals surface area (Å²) in [5.41, 5.74) is 0.352. The van der Waals surface area contributed by atoms with Crippen LogP contribution in [0.25, 0.3) is 0 Å². The minimum absolute atomic E-state index is 0.254. The van der Waals surface area contributed by atoms with Crippen LogP contribution < -0.4 is 5.32 Å². The van der Waals surface area contributed by atoms with E-state index in [2.05, 4.69) is 5.32 Å². The van der Waals surface area contributed by atoms with Crippen molar-refractivity contribution in [3.63, 3.8) is 0 Å². The zero-order valence-electron chi connectivity index (χ0n) is 11.5. The second kappa shape index (κ2) is 8.29. The zero-order valence-corrected chi connectivity index (χ0v) is 11.5. The minimum atomic E-state index is -0.802. The van der Waals surface area contributed by atoms with Crippen molar-refractivity contribution in [2.45, 2.75) is 31.9 Å². The Morgan fingerprint density at radius 1 is 1.35 bits per heavy atom. The van der Waals surface area contributed by atoms with Crippen molar-refractivity contribution in [3.8, 4) is 0 Å². The van der Waals surface area contributed by atoms with E-state index >= 15 is 0 Å². The van der Waals surface area contributed by atoms with Crippen LogP contribution in [-0.2, 0) is 16.0 Å². The van der Waals surface area contributed by atoms with Crippen LogP contribution in [0, 0.1) is 11.6 Å². The molecule has 1 aliphatic rings. The van der Waals surface area contributed by atoms with Crippen molar-refractivity contribution in [1.29, 1.82) is 0 Å². The van der Waals surface area contributed by atoms with Gasteiger partial charge in [0.1, 0.15) is 0 Å². The van der Waals surface area contributed by atoms with Gasteiger partial charge in [-0.3, -0.25) is 0 Å². The summed E-state index contributed by atoms with van der Waals surface area (Å²) in [6, 6.07) is 4.22. The van der Waals surface area contributed by atoms with Crippen LogP contribution in [-0.4, -0.2) is 32.5 Å². The molecule has 0 aliphatic carbocycles. The second-order valence-electron chi connectivity index (χ2n) is 4.95. The summed E-state index contributed by atoms with van der Waals surface area (Å²) in [4.78, 5) is 0. The summed E-state index contributed by atoms with van der Waals surface area (Å²) in [6.45, 7) is 3.18. The lowest BCUT2D eigenvalue weighted by Gasteiger charge is -2.10. The molecule has 1 fully saturated rings. The van der Waals surface area contributed by atoms with Crippen LogP contribution in [0.2, 0.25) is 0 Å². The number of ether oxygens (including phenoxy) is 2. The lowest BCUT2D eigenvalue weighted by molar-refractivity contribution is 0.0166. The Bertz CT molecular complexity index is 409. The van der Waals surface area contributed by atoms with Gasteiger partial charge in [0.05, 0.1) is 12.7 Å². The van der Waals surface area contributed by atoms with Crippen LogP contribution in [0.15, 0.2) is 18.2 Å². The van der Waals surface area contributed by atoms with Gasteiger partial charge in [-0.25, -0.2) is 8.78 Å². The van der Waals surface area contributed by atoms with Crippen LogP contribution in [0.1, 0.15) is 24.8 Å². The molecule has 0 spiro atoms. The zero-order chi connectivity index (χ0) is 14.2. The molecule has 0 amide bonds. The van der Waals surface area contributed by atoms with Crippen molar-refractivity contribution >= 4 is 0 Å². The molecule has 1 N–H and O–H groups in total. The SMILES string of the molecule is Fc1cccc(CNCCCOCC2CCCO2)c1F. The van der Waals surface area contributed by atoms with Crippen molar-refractivity contribution < 1.29 is 18.3 Å². The fourth-order valence-electron chi connectivity index (χ4n) is 2.20. The summed E-state index contributed by atoms with van der Waals surface area (Å²) in [5, 5.41) is 3.08. The van der Waals surface area contributed by atoms with Crippen LogP contribution in [0.5, 0.6) is 0 Å². The van der Waals surface area contributed by atoms with Gasteiger partial charge in [0, 0.05) is 25.3 Å². The summed E-state index contributed by atoms with van der Waals surface area (Å²) >= 11 is 0. The van der Waals surface area contributed by atoms with E-state index in [-0.39, 0.29) is 6.10 Å². The summed E-state index contributed by atoms with van der Waals surface area (Å²) < 4.78 is 37.3. The van der Waals surface area contributed by atoms with Gasteiger partial charge in [0.2, 0.25) is 0 Å². The predicted octanol–water partition coefficient (Wildman–Crippen LogP) is 2.64. The third-order valence-electron chi connectivity index (χ3n) is 3.32. The highest BCUT2D eigenvalue weighted by molar-refractivity contribution is 5.18. The highest BCUT2D eigenvalue weighted by atomic mass is 19.2. The predicted molar refractivity (Wildman–Crippen MR) is 72.5 cm³/mol. The van der Waals surface area contributed by atoms with Gasteiger partial charge in [0.15, 0.2) is 11.6 Å². The molecule has 0 aromatic heterocycles. The van der Waals surface area contributed by atoms with E-state index in [1.807, 2.05) is 0 Å². The maximum Gasteiger partial charge on any atom is 0.163 e. The number of nitrogens with one attached hydrogen (secondary N) is 1. The molecule has 0 radical (unpaired) electrons. The Morgan fingerprint density at radius 2 is 2.25 bits per heavy atom. The Hall–Kier alpha value is -1.04. The molecule has 5 heteroatoms. The molecule has 2 rings (SSSR count). The van der Waals surface area contributed by atoms with E-state index in [1.54, 1.807) is 6.07 Å². The molecule has 0 saturated carbocycles. The number of hydrogen-bond donors (Lipinski definition) is 1. The van der Waals surface area contributed by atoms with Gasteiger partial charge in [-0.1, -0.05) is 12.1 Å². The van der Waals surface area contributed by atoms with Gasteiger partial charge in [0.25, 0.3) is 0 Å². The lowest BCUT2D eigenvalue weighted by atomic mass is 10.2. The second-order valence-corrected chi connectivity index (χ2v) is 4.95. The third-order valence-corrected chi connectivity index (χ3v) is 3.32. The fraction of sp³-hybridized carbons (Fsp3) is 0.600. The van der Waals surface area contributed by atoms with Gasteiger partial charge >= 0.3 is 0 Å². The van der Waals surface area contributed by atoms with Crippen molar-refractivity contribution in [3.05, 3.63) is 35.4 Å². The fourth-order valence-corrected chi connectivity index (χ4v) is 2.20. The molecular formula is C15H21F2NO2. The lowest BCUT2D eigenvalue weighted by Crippen LogP contribution is -2.19. The molecule has 0 bridgehead atoms. The average Bonchev–Trinajstić information content (AvgIpc) is 2.95. The molecule has 20 heavy (non-hydrogen) atoms. The van der Waals surface area contributed by atoms with Crippen molar-refractivity contribution in [1.82, 2.24) is 5.32 Å². The number of rotatable bonds is 8. The summed E-state index contributed by atoms with van der Waals surface area (Å²) in [5.74, 6) is -1.57. The quantitative estimate of drug-likeness (QED) is 0.745. The highest BCUT2D eigenvalue weighted by Gasteiger charge is 2.14. The van der Waals surface area contributed by atoms with Crippen LogP contribution in [0.3, 0.4) is 0 Å². The van der Waals surface area contributed by atoms with Crippen LogP contribution >= 0.6 is 0 Å². The van der Waals surface area contributed by atoms with E-state index in [4.69, 9.17) is 9.47 Å². The molecule has 1 aromatic rings. The van der Waals surface area contributed by atoms with Crippen molar-refractivity contribution in [2.24, 2.45) is 0 Å². The van der Waals surface area contributed by atoms with Gasteiger partial charge in [-0.15, -0.1) is 0 Å². The van der Waals surface area contributed by atoms with E-state index in [1.165, 1.54) is 6.07 Å². The first-order valence-corrected chi connectivity index (χ1v) is 7.10. The molecule has 1 aliphatic heterocycles. The molecular weight excluding hydrogens is 264 g/mol. The highest BCUT2D eigenvalue weighted by Crippen LogP contribution is 2.12. The topological polar surface area (TPSA) is 30.5 Å². The van der Waals surface area contributed by atoms with Gasteiger partial charge in [-0.05, 0) is 31.9 Å². The smallest absolute Gasteiger partial charge is 0.163 e. The Kier molecular flexibility index (Phi) is 6.36. The maximum absolute atomic E-state index is 13.4. The maximum atomic E-state index is 13.4. The molecule has 1 atom stereocenters. The molecule has 112 valence electrons. The minimum Gasteiger partial charge on any atom is -0.379 e. The summed E-state index contributed by atoms with van der Waals surface area (Å²) in [6.07, 6.45) is 3.29. The molecule has 1 saturated heterocycles. The number of hydrogen-bond acceptors (Lipinski definition) is 3. The molecule has 1 unspecified atom stereocenters. The van der Waals surface area contributed by atoms with Gasteiger partial charge in [-0.2, -0.15) is 0 Å². The van der Waals surface area contributed by atoms with E-state index < -0.39 is 11.6 Å². The number of benzene rings is 1. The van der Waals surface area contributed by atoms with Gasteiger partial charge < -0.3 is 14.8 Å². The molecule has 1 aromatic carbocycles. The standard InChI is InChI=1S/C15H21F2NO2/c16-14-6-1-4-12(15(14)17)10-18-7-3-8-19-11-13-5-2-9-20-13/h1,4,6,13,18H,2-3,5,7-11H2. The summed E-state index contributed by atoms with van der Waals surface area (Å²) in [7, 11) is 0. The van der Waals surface area contributed by atoms with Crippen LogP contribution in [0.4, 0.5) is 8.78 Å². The normalized spacial score (nSPS) is 18.6. The third kappa shape index (κ3) is 4.81. The van der Waals surface area contributed by atoms with E-state index in [9.17, 15) is 8.78 Å². The first-order chi connectivity index (χ1) is 9.77. The van der Waals surface area contributed by atoms with Crippen molar-refractivity contribution in [2.75, 3.05) is 26.4 Å². The molecule has 3 nitrogen and oxygen atoms in total. The monoisotopic (exact) mass is 285 g/mol. The Morgan fingerprint density at radius 3 is 3.05 bits per heavy atom. The largest absolute Gasteiger partial charge is 0.379 e. The van der Waals surface area contributed by atoms with E-state index in [0.29, 0.717) is 31.9 Å². The first-order valence-electron chi connectivity index (χ1n) is 7.10. The molecule has 1 heterocycles. The average molecular weight is 285 g/mol.